The highest BCUT2D eigenvalue weighted by atomic mass is 16.3. The summed E-state index contributed by atoms with van der Waals surface area (Å²) in [5.41, 5.74) is 12.5. The van der Waals surface area contributed by atoms with Crippen LogP contribution in [-0.4, -0.2) is 0 Å². The van der Waals surface area contributed by atoms with Gasteiger partial charge >= 0.3 is 0 Å². The Morgan fingerprint density at radius 2 is 1.09 bits per heavy atom. The van der Waals surface area contributed by atoms with E-state index in [0.29, 0.717) is 0 Å². The van der Waals surface area contributed by atoms with Gasteiger partial charge in [0.15, 0.2) is 0 Å². The van der Waals surface area contributed by atoms with Gasteiger partial charge < -0.3 is 14.6 Å². The van der Waals surface area contributed by atoms with E-state index < -0.39 is 0 Å². The Hall–Kier alpha value is -5.80. The minimum Gasteiger partial charge on any atom is -0.459 e. The summed E-state index contributed by atoms with van der Waals surface area (Å²) in [7, 11) is 0. The van der Waals surface area contributed by atoms with Crippen molar-refractivity contribution in [3.8, 4) is 33.4 Å². The first-order chi connectivity index (χ1) is 21.8. The van der Waals surface area contributed by atoms with Gasteiger partial charge in [0.25, 0.3) is 0 Å². The molecule has 0 bridgehead atoms. The summed E-state index contributed by atoms with van der Waals surface area (Å²) < 4.78 is 6.21. The number of hydrogen-bond donors (Lipinski definition) is 1. The fourth-order valence-electron chi connectivity index (χ4n) is 6.15. The molecule has 7 aromatic rings. The molecule has 44 heavy (non-hydrogen) atoms. The molecule has 0 amide bonds. The number of benzene rings is 6. The molecule has 210 valence electrons. The maximum Gasteiger partial charge on any atom is 0.135 e. The van der Waals surface area contributed by atoms with E-state index >= 15 is 0 Å². The van der Waals surface area contributed by atoms with Gasteiger partial charge in [-0.15, -0.1) is 0 Å². The fourth-order valence-corrected chi connectivity index (χ4v) is 6.15. The van der Waals surface area contributed by atoms with Gasteiger partial charge in [-0.25, -0.2) is 0 Å². The highest BCUT2D eigenvalue weighted by Crippen LogP contribution is 2.42. The summed E-state index contributed by atoms with van der Waals surface area (Å²) in [6.45, 7) is 0.719. The predicted molar refractivity (Wildman–Crippen MR) is 183 cm³/mol. The molecule has 0 unspecified atom stereocenters. The lowest BCUT2D eigenvalue weighted by molar-refractivity contribution is 0.532. The lowest BCUT2D eigenvalue weighted by Crippen LogP contribution is -2.11. The Kier molecular flexibility index (Phi) is 6.54. The molecule has 0 atom stereocenters. The summed E-state index contributed by atoms with van der Waals surface area (Å²) in [6.07, 6.45) is 4.08. The minimum atomic E-state index is 0.719. The molecule has 0 spiro atoms. The van der Waals surface area contributed by atoms with E-state index in [2.05, 4.69) is 168 Å². The molecule has 0 saturated heterocycles. The van der Waals surface area contributed by atoms with Crippen molar-refractivity contribution < 1.29 is 4.42 Å². The van der Waals surface area contributed by atoms with Gasteiger partial charge in [-0.1, -0.05) is 109 Å². The van der Waals surface area contributed by atoms with E-state index in [1.807, 2.05) is 6.20 Å². The zero-order valence-corrected chi connectivity index (χ0v) is 24.2. The maximum atomic E-state index is 6.21. The van der Waals surface area contributed by atoms with E-state index in [4.69, 9.17) is 4.42 Å². The molecule has 1 aliphatic rings. The Morgan fingerprint density at radius 1 is 0.523 bits per heavy atom. The largest absolute Gasteiger partial charge is 0.459 e. The highest BCUT2D eigenvalue weighted by molar-refractivity contribution is 5.93. The van der Waals surface area contributed by atoms with Crippen LogP contribution in [0.5, 0.6) is 0 Å². The molecular weight excluding hydrogens is 536 g/mol. The first-order valence-electron chi connectivity index (χ1n) is 15.0. The van der Waals surface area contributed by atoms with Crippen LogP contribution in [0.3, 0.4) is 0 Å². The molecule has 2 heterocycles. The molecule has 0 aliphatic carbocycles. The molecule has 6 aromatic carbocycles. The van der Waals surface area contributed by atoms with Crippen LogP contribution in [0.25, 0.3) is 50.4 Å². The summed E-state index contributed by atoms with van der Waals surface area (Å²) in [5, 5.41) is 4.39. The third-order valence-electron chi connectivity index (χ3n) is 8.36. The molecule has 8 rings (SSSR count). The van der Waals surface area contributed by atoms with Crippen LogP contribution in [0.2, 0.25) is 0 Å². The monoisotopic (exact) mass is 566 g/mol. The molecular formula is C41H30N2O. The summed E-state index contributed by atoms with van der Waals surface area (Å²) in [5.74, 6) is 0.987. The Balaban J connectivity index is 1.21. The average Bonchev–Trinajstić information content (AvgIpc) is 3.48. The van der Waals surface area contributed by atoms with Gasteiger partial charge in [0, 0.05) is 27.9 Å². The number of rotatable bonds is 6. The van der Waals surface area contributed by atoms with Gasteiger partial charge in [-0.2, -0.15) is 0 Å². The van der Waals surface area contributed by atoms with Crippen molar-refractivity contribution in [3.63, 3.8) is 0 Å². The number of furan rings is 1. The molecule has 0 saturated carbocycles. The first-order valence-corrected chi connectivity index (χ1v) is 15.0. The molecule has 0 radical (unpaired) electrons. The molecule has 1 aliphatic heterocycles. The van der Waals surface area contributed by atoms with Crippen LogP contribution in [0, 0.1) is 0 Å². The predicted octanol–water partition coefficient (Wildman–Crippen LogP) is 11.0. The lowest BCUT2D eigenvalue weighted by atomic mass is 10.00. The number of fused-ring (bicyclic) bond motifs is 3. The second-order valence-corrected chi connectivity index (χ2v) is 11.0. The van der Waals surface area contributed by atoms with Crippen LogP contribution in [0.4, 0.5) is 17.1 Å². The number of para-hydroxylation sites is 1. The molecule has 1 N–H and O–H groups in total. The van der Waals surface area contributed by atoms with Crippen molar-refractivity contribution in [2.75, 3.05) is 4.90 Å². The maximum absolute atomic E-state index is 6.21. The SMILES string of the molecule is C1=Cc2c(oc3cc(-c4ccc(N(c5ccc(-c6ccccc6)cc5)c5ccccc5-c5ccccc5)cc4)ccc23)CN1. The standard InChI is InChI=1S/C41H30N2O/c1-3-9-29(10-4-1)30-15-20-34(21-16-30)43(39-14-8-7-13-36(39)32-11-5-2-6-12-32)35-22-17-31(18-23-35)33-19-24-37-38-25-26-42-28-41(38)44-40(37)27-33/h1-27,42H,28H2. The van der Waals surface area contributed by atoms with Crippen molar-refractivity contribution in [1.82, 2.24) is 5.32 Å². The molecule has 0 fully saturated rings. The topological polar surface area (TPSA) is 28.4 Å². The second kappa shape index (κ2) is 11.1. The van der Waals surface area contributed by atoms with Crippen LogP contribution in [-0.2, 0) is 6.54 Å². The quantitative estimate of drug-likeness (QED) is 0.217. The number of nitrogens with one attached hydrogen (secondary N) is 1. The van der Waals surface area contributed by atoms with Crippen molar-refractivity contribution in [2.24, 2.45) is 0 Å². The summed E-state index contributed by atoms with van der Waals surface area (Å²) in [4.78, 5) is 2.35. The van der Waals surface area contributed by atoms with E-state index in [1.54, 1.807) is 0 Å². The molecule has 3 nitrogen and oxygen atoms in total. The Bertz CT molecular complexity index is 2090. The van der Waals surface area contributed by atoms with E-state index in [1.165, 1.54) is 27.8 Å². The van der Waals surface area contributed by atoms with Gasteiger partial charge in [0.2, 0.25) is 0 Å². The Morgan fingerprint density at radius 3 is 1.80 bits per heavy atom. The van der Waals surface area contributed by atoms with Gasteiger partial charge in [-0.05, 0) is 82.6 Å². The average molecular weight is 567 g/mol. The van der Waals surface area contributed by atoms with E-state index in [-0.39, 0.29) is 0 Å². The van der Waals surface area contributed by atoms with Crippen molar-refractivity contribution in [2.45, 2.75) is 6.54 Å². The minimum absolute atomic E-state index is 0.719. The van der Waals surface area contributed by atoms with E-state index in [9.17, 15) is 0 Å². The second-order valence-electron chi connectivity index (χ2n) is 11.0. The zero-order chi connectivity index (χ0) is 29.3. The number of anilines is 3. The van der Waals surface area contributed by atoms with Crippen LogP contribution in [0.15, 0.2) is 162 Å². The van der Waals surface area contributed by atoms with Gasteiger partial charge in [0.1, 0.15) is 11.3 Å². The van der Waals surface area contributed by atoms with Crippen LogP contribution < -0.4 is 10.2 Å². The van der Waals surface area contributed by atoms with Gasteiger partial charge in [0.05, 0.1) is 12.2 Å². The summed E-state index contributed by atoms with van der Waals surface area (Å²) >= 11 is 0. The van der Waals surface area contributed by atoms with Crippen LogP contribution in [0.1, 0.15) is 11.3 Å². The molecule has 3 heteroatoms. The molecule has 1 aromatic heterocycles. The highest BCUT2D eigenvalue weighted by Gasteiger charge is 2.18. The zero-order valence-electron chi connectivity index (χ0n) is 24.2. The Labute approximate surface area is 257 Å². The first kappa shape index (κ1) is 25.9. The van der Waals surface area contributed by atoms with Crippen molar-refractivity contribution in [3.05, 3.63) is 169 Å². The lowest BCUT2D eigenvalue weighted by Gasteiger charge is -2.28. The third-order valence-corrected chi connectivity index (χ3v) is 8.36. The smallest absolute Gasteiger partial charge is 0.135 e. The van der Waals surface area contributed by atoms with Crippen molar-refractivity contribution in [1.29, 1.82) is 0 Å². The number of hydrogen-bond acceptors (Lipinski definition) is 3. The number of nitrogens with zero attached hydrogens (tertiary/aromatic N) is 1. The van der Waals surface area contributed by atoms with E-state index in [0.717, 1.165) is 51.5 Å². The normalized spacial score (nSPS) is 12.1. The van der Waals surface area contributed by atoms with Crippen LogP contribution >= 0.6 is 0 Å². The van der Waals surface area contributed by atoms with Gasteiger partial charge in [-0.3, -0.25) is 0 Å². The fraction of sp³-hybridized carbons (Fsp3) is 0.0244. The summed E-state index contributed by atoms with van der Waals surface area (Å²) in [6, 6.07) is 54.0. The van der Waals surface area contributed by atoms with Crippen molar-refractivity contribution >= 4 is 34.1 Å². The third kappa shape index (κ3) is 4.75.